The third-order valence-electron chi connectivity index (χ3n) is 14.8. The predicted octanol–water partition coefficient (Wildman–Crippen LogP) is 10.8. The summed E-state index contributed by atoms with van der Waals surface area (Å²) in [6.45, 7) is 5.79. The third kappa shape index (κ3) is 11.3. The minimum atomic E-state index is -0.700. The number of hydrogen-bond donors (Lipinski definition) is 5. The first kappa shape index (κ1) is 50.2. The van der Waals surface area contributed by atoms with Gasteiger partial charge in [-0.2, -0.15) is 0 Å². The van der Waals surface area contributed by atoms with Gasteiger partial charge in [-0.3, -0.25) is 14.4 Å². The number of carbonyl (C=O) groups is 3. The number of H-pyrrole nitrogens is 1. The SMILES string of the molecule is COc1cc([C@@H]2CC(=O)C[C@H](OC(C)=O)CC[C@@]3(C=CC=C[C@@H]3C)Cc3c[nH]cc3C[C@@H](c3cccc(O)c3)C3=CCNC(=C3)N(CCC(C)=O)c3ccc(CO)c4cn2cc34)ccc1Oc1cccc(O)c1. The van der Waals surface area contributed by atoms with E-state index in [4.69, 9.17) is 14.2 Å². The fraction of sp³-hybridized carbons (Fsp3) is 0.317. The Morgan fingerprint density at radius 1 is 0.863 bits per heavy atom. The quantitative estimate of drug-likeness (QED) is 0.0826. The maximum absolute atomic E-state index is 14.8. The van der Waals surface area contributed by atoms with Gasteiger partial charge in [-0.25, -0.2) is 0 Å². The van der Waals surface area contributed by atoms with Gasteiger partial charge in [-0.15, -0.1) is 0 Å². The number of benzene rings is 4. The summed E-state index contributed by atoms with van der Waals surface area (Å²) < 4.78 is 20.1. The lowest BCUT2D eigenvalue weighted by Crippen LogP contribution is -2.35. The van der Waals surface area contributed by atoms with E-state index in [1.807, 2.05) is 53.4 Å². The molecule has 5 atom stereocenters. The van der Waals surface area contributed by atoms with Gasteiger partial charge in [0.1, 0.15) is 40.7 Å². The van der Waals surface area contributed by atoms with Gasteiger partial charge in [0.25, 0.3) is 0 Å². The van der Waals surface area contributed by atoms with Crippen molar-refractivity contribution >= 4 is 34.0 Å². The lowest BCUT2D eigenvalue weighted by atomic mass is 9.66. The van der Waals surface area contributed by atoms with Crippen LogP contribution >= 0.6 is 0 Å². The summed E-state index contributed by atoms with van der Waals surface area (Å²) >= 11 is 0. The largest absolute Gasteiger partial charge is 0.508 e. The van der Waals surface area contributed by atoms with Crippen LogP contribution in [0.5, 0.6) is 28.7 Å². The number of aliphatic hydroxyl groups excluding tert-OH is 1. The Morgan fingerprint density at radius 3 is 2.41 bits per heavy atom. The summed E-state index contributed by atoms with van der Waals surface area (Å²) in [5.74, 6) is 1.62. The number of phenols is 2. The molecule has 1 aliphatic carbocycles. The number of carbonyl (C=O) groups excluding carboxylic acids is 3. The van der Waals surface area contributed by atoms with Gasteiger partial charge in [-0.05, 0) is 126 Å². The Hall–Kier alpha value is -7.77. The number of ether oxygens (including phenoxy) is 3. The van der Waals surface area contributed by atoms with Gasteiger partial charge in [0, 0.05) is 86.8 Å². The van der Waals surface area contributed by atoms with Crippen LogP contribution in [0.15, 0.2) is 152 Å². The minimum Gasteiger partial charge on any atom is -0.508 e. The van der Waals surface area contributed by atoms with Gasteiger partial charge in [0.05, 0.1) is 25.4 Å². The summed E-state index contributed by atoms with van der Waals surface area (Å²) in [6, 6.07) is 22.7. The predicted molar refractivity (Wildman–Crippen MR) is 282 cm³/mol. The Kier molecular flexibility index (Phi) is 15.1. The van der Waals surface area contributed by atoms with Crippen molar-refractivity contribution in [2.75, 3.05) is 25.1 Å². The number of aromatic hydroxyl groups is 2. The number of esters is 1. The van der Waals surface area contributed by atoms with Crippen molar-refractivity contribution in [3.63, 3.8) is 0 Å². The molecule has 0 radical (unpaired) electrons. The first-order chi connectivity index (χ1) is 35.3. The van der Waals surface area contributed by atoms with E-state index < -0.39 is 18.1 Å². The zero-order valence-corrected chi connectivity index (χ0v) is 41.8. The molecule has 4 heterocycles. The fourth-order valence-electron chi connectivity index (χ4n) is 10.9. The van der Waals surface area contributed by atoms with E-state index in [-0.39, 0.29) is 66.2 Å². The van der Waals surface area contributed by atoms with Crippen molar-refractivity contribution in [1.82, 2.24) is 14.9 Å². The van der Waals surface area contributed by atoms with E-state index in [1.165, 1.54) is 13.0 Å². The second-order valence-electron chi connectivity index (χ2n) is 19.7. The molecule has 378 valence electrons. The van der Waals surface area contributed by atoms with Crippen molar-refractivity contribution in [3.05, 3.63) is 179 Å². The molecule has 0 saturated carbocycles. The van der Waals surface area contributed by atoms with Gasteiger partial charge in [0.15, 0.2) is 11.5 Å². The molecule has 9 rings (SSSR count). The molecule has 13 nitrogen and oxygen atoms in total. The number of aromatic nitrogens is 2. The number of fused-ring (bicyclic) bond motifs is 3. The molecule has 5 N–H and O–H groups in total. The zero-order chi connectivity index (χ0) is 51.2. The van der Waals surface area contributed by atoms with Gasteiger partial charge >= 0.3 is 5.97 Å². The first-order valence-electron chi connectivity index (χ1n) is 25.1. The van der Waals surface area contributed by atoms with Crippen LogP contribution in [0.2, 0.25) is 0 Å². The first-order valence-corrected chi connectivity index (χ1v) is 25.1. The Balaban J connectivity index is 1.22. The van der Waals surface area contributed by atoms with Crippen molar-refractivity contribution in [2.24, 2.45) is 11.3 Å². The van der Waals surface area contributed by atoms with Crippen LogP contribution in [0.1, 0.15) is 92.7 Å². The molecule has 3 aliphatic rings. The fourth-order valence-corrected chi connectivity index (χ4v) is 10.9. The van der Waals surface area contributed by atoms with Crippen LogP contribution in [-0.4, -0.2) is 68.7 Å². The second-order valence-corrected chi connectivity index (χ2v) is 19.7. The number of aliphatic hydroxyl groups is 1. The number of phenolic OH excluding ortho intramolecular Hbond substituents is 2. The van der Waals surface area contributed by atoms with Crippen LogP contribution in [0.25, 0.3) is 10.8 Å². The van der Waals surface area contributed by atoms with Crippen molar-refractivity contribution < 1.29 is 43.9 Å². The highest BCUT2D eigenvalue weighted by atomic mass is 16.5. The van der Waals surface area contributed by atoms with E-state index >= 15 is 0 Å². The highest BCUT2D eigenvalue weighted by Crippen LogP contribution is 2.45. The molecule has 4 bridgehead atoms. The van der Waals surface area contributed by atoms with Gasteiger partial charge in [0.2, 0.25) is 0 Å². The number of methoxy groups -OCH3 is 1. The molecule has 0 fully saturated rings. The van der Waals surface area contributed by atoms with Crippen LogP contribution in [0.3, 0.4) is 0 Å². The van der Waals surface area contributed by atoms with Crippen LogP contribution in [0, 0.1) is 11.3 Å². The standard InChI is InChI=1S/C60H64N4O9/c1-38-9-5-6-21-60(38)22-18-51(72-40(3)67)30-49(70)31-56(43-15-17-57(58(27-43)71-4)73-50-13-8-12-48(69)29-50)63-35-53-44(37-65)14-16-55(54(53)36-63)64(24-20-39(2)66)59-28-42(19-23-62-59)52(41-10-7-11-47(68)25-41)26-45-33-61-34-46(45)32-60/h5-17,19,21,25,27-29,33-36,38,51-52,56,61-62,65,68-69H,18,20,22-24,26,30-32,37H2,1-4H3/t38-,51+,52-,56-,60-/m0/s1. The monoisotopic (exact) mass is 984 g/mol. The Morgan fingerprint density at radius 2 is 1.66 bits per heavy atom. The van der Waals surface area contributed by atoms with Gasteiger partial charge < -0.3 is 49.3 Å². The van der Waals surface area contributed by atoms with Crippen LogP contribution < -0.4 is 19.7 Å². The number of dihydropyridines is 1. The van der Waals surface area contributed by atoms with Crippen molar-refractivity contribution in [3.8, 4) is 28.7 Å². The molecular formula is C60H64N4O9. The summed E-state index contributed by atoms with van der Waals surface area (Å²) in [5, 5.41) is 37.1. The molecule has 0 saturated heterocycles. The summed E-state index contributed by atoms with van der Waals surface area (Å²) in [5.41, 5.74) is 6.11. The number of ketones is 2. The maximum Gasteiger partial charge on any atom is 0.302 e. The number of rotatable bonds is 10. The van der Waals surface area contributed by atoms with Crippen molar-refractivity contribution in [1.29, 1.82) is 0 Å². The molecule has 13 heteroatoms. The molecule has 73 heavy (non-hydrogen) atoms. The number of anilines is 1. The van der Waals surface area contributed by atoms with Gasteiger partial charge in [-0.1, -0.05) is 67.6 Å². The maximum atomic E-state index is 14.8. The molecule has 6 aromatic rings. The normalized spacial score (nSPS) is 21.4. The highest BCUT2D eigenvalue weighted by Gasteiger charge is 2.37. The Bertz CT molecular complexity index is 3140. The molecule has 2 aromatic heterocycles. The van der Waals surface area contributed by atoms with Crippen LogP contribution in [-0.2, 0) is 38.6 Å². The Labute approximate surface area is 426 Å². The van der Waals surface area contributed by atoms with Crippen molar-refractivity contribution in [2.45, 2.75) is 90.4 Å². The molecule has 4 aromatic carbocycles. The lowest BCUT2D eigenvalue weighted by Gasteiger charge is -2.38. The molecule has 1 spiro atoms. The topological polar surface area (TPSA) is 176 Å². The number of allylic oxidation sites excluding steroid dienone is 6. The minimum absolute atomic E-state index is 0.0146. The number of aromatic amines is 1. The second kappa shape index (κ2) is 21.9. The number of Topliss-reactive ketones (excluding diaryl/α,β-unsaturated/α-hetero) is 2. The molecule has 2 aliphatic heterocycles. The smallest absolute Gasteiger partial charge is 0.302 e. The van der Waals surface area contributed by atoms with E-state index in [0.29, 0.717) is 61.6 Å². The summed E-state index contributed by atoms with van der Waals surface area (Å²) in [7, 11) is 1.54. The lowest BCUT2D eigenvalue weighted by molar-refractivity contribution is -0.148. The molecule has 0 amide bonds. The van der Waals surface area contributed by atoms with E-state index in [2.05, 4.69) is 77.0 Å². The van der Waals surface area contributed by atoms with E-state index in [1.54, 1.807) is 44.4 Å². The average molecular weight is 985 g/mol. The number of nitrogens with zero attached hydrogens (tertiary/aromatic N) is 2. The van der Waals surface area contributed by atoms with E-state index in [9.17, 15) is 29.7 Å². The number of hydrogen-bond acceptors (Lipinski definition) is 11. The summed E-state index contributed by atoms with van der Waals surface area (Å²) in [6.07, 6.45) is 23.0. The van der Waals surface area contributed by atoms with Crippen LogP contribution in [0.4, 0.5) is 5.69 Å². The highest BCUT2D eigenvalue weighted by molar-refractivity contribution is 5.97. The molecule has 0 unspecified atom stereocenters. The molecular weight excluding hydrogens is 921 g/mol. The number of nitrogens with one attached hydrogen (secondary N) is 2. The zero-order valence-electron chi connectivity index (χ0n) is 41.8. The average Bonchev–Trinajstić information content (AvgIpc) is 4.02. The third-order valence-corrected chi connectivity index (χ3v) is 14.8. The summed E-state index contributed by atoms with van der Waals surface area (Å²) in [4.78, 5) is 46.1. The van der Waals surface area contributed by atoms with E-state index in [0.717, 1.165) is 50.1 Å².